The smallest absolute Gasteiger partial charge is 0.229 e. The minimum Gasteiger partial charge on any atom is -0.381 e. The number of halogens is 1. The third kappa shape index (κ3) is 5.51. The maximum atomic E-state index is 14.6. The molecule has 0 aromatic rings. The number of hydrogen-bond acceptors (Lipinski definition) is 7. The summed E-state index contributed by atoms with van der Waals surface area (Å²) in [5.74, 6) is 1.42. The molecule has 9 heteroatoms. The number of alkyl halides is 1. The number of guanidine groups is 1. The molecule has 4 aliphatic heterocycles. The third-order valence-corrected chi connectivity index (χ3v) is 6.04. The summed E-state index contributed by atoms with van der Waals surface area (Å²) in [6.07, 6.45) is 4.92. The van der Waals surface area contributed by atoms with Gasteiger partial charge in [0.25, 0.3) is 0 Å². The summed E-state index contributed by atoms with van der Waals surface area (Å²) in [6, 6.07) is 0. The van der Waals surface area contributed by atoms with Gasteiger partial charge in [-0.25, -0.2) is 9.38 Å². The van der Waals surface area contributed by atoms with Crippen molar-refractivity contribution in [2.24, 2.45) is 26.8 Å². The fraction of sp³-hybridized carbons (Fsp3) is 0.714. The maximum Gasteiger partial charge on any atom is 0.229 e. The summed E-state index contributed by atoms with van der Waals surface area (Å²) in [5.41, 5.74) is 1.19. The second kappa shape index (κ2) is 10.3. The number of amides is 1. The lowest BCUT2D eigenvalue weighted by atomic mass is 9.97. The molecule has 0 radical (unpaired) electrons. The van der Waals surface area contributed by atoms with Crippen molar-refractivity contribution in [3.05, 3.63) is 11.6 Å². The van der Waals surface area contributed by atoms with Gasteiger partial charge in [-0.3, -0.25) is 14.8 Å². The molecular formula is C21H31FN6O2. The molecule has 0 spiro atoms. The van der Waals surface area contributed by atoms with E-state index in [0.717, 1.165) is 52.0 Å². The highest BCUT2D eigenvalue weighted by Crippen LogP contribution is 2.19. The Morgan fingerprint density at radius 1 is 1.27 bits per heavy atom. The minimum absolute atomic E-state index is 0.00532. The van der Waals surface area contributed by atoms with E-state index in [0.29, 0.717) is 48.5 Å². The van der Waals surface area contributed by atoms with Crippen molar-refractivity contribution in [2.75, 3.05) is 45.9 Å². The summed E-state index contributed by atoms with van der Waals surface area (Å²) in [6.45, 7) is 4.60. The van der Waals surface area contributed by atoms with E-state index < -0.39 is 6.17 Å². The van der Waals surface area contributed by atoms with Crippen molar-refractivity contribution >= 4 is 23.4 Å². The molecular weight excluding hydrogens is 387 g/mol. The predicted octanol–water partition coefficient (Wildman–Crippen LogP) is 0.996. The molecule has 0 saturated carbocycles. The van der Waals surface area contributed by atoms with Gasteiger partial charge in [0.15, 0.2) is 0 Å². The number of piperidine rings is 1. The van der Waals surface area contributed by atoms with Gasteiger partial charge in [0, 0.05) is 44.8 Å². The van der Waals surface area contributed by atoms with Gasteiger partial charge >= 0.3 is 0 Å². The molecule has 4 rings (SSSR count). The first-order valence-corrected chi connectivity index (χ1v) is 11.0. The van der Waals surface area contributed by atoms with Crippen LogP contribution in [-0.4, -0.2) is 75.5 Å². The molecule has 0 aliphatic carbocycles. The van der Waals surface area contributed by atoms with Gasteiger partial charge in [-0.05, 0) is 44.2 Å². The minimum atomic E-state index is -1.21. The lowest BCUT2D eigenvalue weighted by Crippen LogP contribution is -2.43. The van der Waals surface area contributed by atoms with Crippen molar-refractivity contribution in [3.8, 4) is 0 Å². The molecule has 0 bridgehead atoms. The Hall–Kier alpha value is -2.13. The third-order valence-electron chi connectivity index (χ3n) is 6.04. The van der Waals surface area contributed by atoms with E-state index in [1.54, 1.807) is 6.08 Å². The molecule has 164 valence electrons. The molecule has 2 fully saturated rings. The van der Waals surface area contributed by atoms with Gasteiger partial charge in [0.1, 0.15) is 12.0 Å². The largest absolute Gasteiger partial charge is 0.381 e. The molecule has 30 heavy (non-hydrogen) atoms. The lowest BCUT2D eigenvalue weighted by molar-refractivity contribution is -0.124. The van der Waals surface area contributed by atoms with E-state index in [2.05, 4.69) is 30.9 Å². The Balaban J connectivity index is 1.38. The van der Waals surface area contributed by atoms with Crippen LogP contribution in [-0.2, 0) is 9.53 Å². The molecule has 4 heterocycles. The molecule has 1 amide bonds. The molecule has 8 nitrogen and oxygen atoms in total. The zero-order valence-corrected chi connectivity index (χ0v) is 17.3. The Kier molecular flexibility index (Phi) is 7.22. The van der Waals surface area contributed by atoms with E-state index in [9.17, 15) is 9.18 Å². The first kappa shape index (κ1) is 21.1. The fourth-order valence-corrected chi connectivity index (χ4v) is 4.18. The Morgan fingerprint density at radius 2 is 2.13 bits per heavy atom. The summed E-state index contributed by atoms with van der Waals surface area (Å²) >= 11 is 0. The van der Waals surface area contributed by atoms with E-state index in [4.69, 9.17) is 4.74 Å². The topological polar surface area (TPSA) is 99.5 Å². The van der Waals surface area contributed by atoms with Crippen molar-refractivity contribution in [2.45, 2.75) is 38.3 Å². The standard InChI is InChI=1S/C21H31FN6O2/c22-17-13-25-19(28-20(29)15-2-1-6-23-12-15)10-16(17)18-3-7-24-21(27-18)26-11-14-4-8-30-9-5-14/h10,14-15,17,23H,1-9,11-13H2,(H,24,26)(H,25,28,29). The second-order valence-electron chi connectivity index (χ2n) is 8.28. The van der Waals surface area contributed by atoms with Crippen molar-refractivity contribution in [3.63, 3.8) is 0 Å². The summed E-state index contributed by atoms with van der Waals surface area (Å²) < 4.78 is 20.0. The number of carbonyl (C=O) groups is 1. The Labute approximate surface area is 176 Å². The number of nitrogens with one attached hydrogen (secondary N) is 3. The number of carbonyl (C=O) groups excluding carboxylic acids is 1. The summed E-state index contributed by atoms with van der Waals surface area (Å²) in [7, 11) is 0. The van der Waals surface area contributed by atoms with Gasteiger partial charge in [-0.1, -0.05) is 0 Å². The van der Waals surface area contributed by atoms with E-state index in [1.165, 1.54) is 0 Å². The molecule has 4 aliphatic rings. The quantitative estimate of drug-likeness (QED) is 0.634. The predicted molar refractivity (Wildman–Crippen MR) is 115 cm³/mol. The van der Waals surface area contributed by atoms with Gasteiger partial charge in [0.05, 0.1) is 18.2 Å². The van der Waals surface area contributed by atoms with E-state index in [-0.39, 0.29) is 18.4 Å². The van der Waals surface area contributed by atoms with Crippen molar-refractivity contribution < 1.29 is 13.9 Å². The van der Waals surface area contributed by atoms with Crippen LogP contribution in [0.1, 0.15) is 32.1 Å². The maximum absolute atomic E-state index is 14.6. The van der Waals surface area contributed by atoms with Crippen LogP contribution in [0.2, 0.25) is 0 Å². The molecule has 0 aromatic heterocycles. The van der Waals surface area contributed by atoms with Gasteiger partial charge in [-0.2, -0.15) is 0 Å². The normalized spacial score (nSPS) is 28.0. The van der Waals surface area contributed by atoms with Crippen LogP contribution in [0.5, 0.6) is 0 Å². The highest BCUT2D eigenvalue weighted by molar-refractivity contribution is 6.15. The number of dihydropyridines is 1. The number of hydrogen-bond donors (Lipinski definition) is 3. The SMILES string of the molecule is O=C(NC1=NCC(F)C(C2=NC(NCC3CCOCC3)=NCC2)=C1)C1CCCNC1. The molecule has 3 N–H and O–H groups in total. The molecule has 2 unspecified atom stereocenters. The first-order chi connectivity index (χ1) is 14.7. The molecule has 0 aromatic carbocycles. The summed E-state index contributed by atoms with van der Waals surface area (Å²) in [4.78, 5) is 25.7. The monoisotopic (exact) mass is 418 g/mol. The average molecular weight is 419 g/mol. The van der Waals surface area contributed by atoms with Crippen LogP contribution in [0, 0.1) is 11.8 Å². The highest BCUT2D eigenvalue weighted by atomic mass is 19.1. The average Bonchev–Trinajstić information content (AvgIpc) is 2.80. The zero-order chi connectivity index (χ0) is 20.8. The van der Waals surface area contributed by atoms with Crippen LogP contribution in [0.4, 0.5) is 4.39 Å². The van der Waals surface area contributed by atoms with Gasteiger partial charge in [-0.15, -0.1) is 0 Å². The van der Waals surface area contributed by atoms with Gasteiger partial charge < -0.3 is 20.7 Å². The number of nitrogens with zero attached hydrogens (tertiary/aromatic N) is 3. The number of aliphatic imine (C=N–C) groups is 3. The number of amidine groups is 1. The second-order valence-corrected chi connectivity index (χ2v) is 8.28. The van der Waals surface area contributed by atoms with Gasteiger partial charge in [0.2, 0.25) is 11.9 Å². The highest BCUT2D eigenvalue weighted by Gasteiger charge is 2.27. The van der Waals surface area contributed by atoms with Crippen LogP contribution in [0.15, 0.2) is 26.6 Å². The van der Waals surface area contributed by atoms with Crippen molar-refractivity contribution in [1.82, 2.24) is 16.0 Å². The van der Waals surface area contributed by atoms with Crippen LogP contribution in [0.3, 0.4) is 0 Å². The van der Waals surface area contributed by atoms with Crippen LogP contribution < -0.4 is 16.0 Å². The number of rotatable bonds is 4. The van der Waals surface area contributed by atoms with E-state index >= 15 is 0 Å². The van der Waals surface area contributed by atoms with E-state index in [1.807, 2.05) is 0 Å². The molecule has 2 atom stereocenters. The molecule has 2 saturated heterocycles. The van der Waals surface area contributed by atoms with Crippen LogP contribution in [0.25, 0.3) is 0 Å². The number of ether oxygens (including phenoxy) is 1. The van der Waals surface area contributed by atoms with Crippen molar-refractivity contribution in [1.29, 1.82) is 0 Å². The first-order valence-electron chi connectivity index (χ1n) is 11.0. The lowest BCUT2D eigenvalue weighted by Gasteiger charge is -2.25. The van der Waals surface area contributed by atoms with Crippen LogP contribution >= 0.6 is 0 Å². The fourth-order valence-electron chi connectivity index (χ4n) is 4.18. The summed E-state index contributed by atoms with van der Waals surface area (Å²) in [5, 5.41) is 9.42. The Bertz CT molecular complexity index is 751. The zero-order valence-electron chi connectivity index (χ0n) is 17.3. The Morgan fingerprint density at radius 3 is 2.93 bits per heavy atom.